The Bertz CT molecular complexity index is 2210. The van der Waals surface area contributed by atoms with Crippen molar-refractivity contribution in [1.82, 2.24) is 10.6 Å². The van der Waals surface area contributed by atoms with Gasteiger partial charge in [-0.3, -0.25) is 28.8 Å². The van der Waals surface area contributed by atoms with E-state index in [1.165, 1.54) is 63.1 Å². The molecule has 2 aromatic carbocycles. The topological polar surface area (TPSA) is 226 Å². The number of carbonyl (C=O) groups excluding carboxylic acids is 6. The lowest BCUT2D eigenvalue weighted by Crippen LogP contribution is -2.41. The number of nitrogens with one attached hydrogen (secondary N) is 2. The van der Waals surface area contributed by atoms with E-state index in [0.29, 0.717) is 36.0 Å². The van der Waals surface area contributed by atoms with Crippen molar-refractivity contribution in [3.05, 3.63) is 79.6 Å². The van der Waals surface area contributed by atoms with E-state index < -0.39 is 68.5 Å². The van der Waals surface area contributed by atoms with Gasteiger partial charge in [0, 0.05) is 59.3 Å². The molecule has 56 heavy (non-hydrogen) atoms. The van der Waals surface area contributed by atoms with Crippen LogP contribution in [0.3, 0.4) is 0 Å². The molecule has 14 nitrogen and oxygen atoms in total. The molecular weight excluding hydrogens is 765 g/mol. The minimum Gasteiger partial charge on any atom is -0.507 e. The predicted octanol–water partition coefficient (Wildman–Crippen LogP) is 4.71. The van der Waals surface area contributed by atoms with E-state index in [9.17, 15) is 49.2 Å². The van der Waals surface area contributed by atoms with Crippen LogP contribution in [0.15, 0.2) is 46.2 Å². The predicted molar refractivity (Wildman–Crippen MR) is 208 cm³/mol. The molecule has 16 heteroatoms. The standard InChI is InChI=1S/C40H40N2O12S2/c1-15-31(47)27(19(5)43)35-29(33(15)49)39(7)23(53-35)13-21(45)25(37(39)51)17(3)41-9-11-55-56-12-10-42-18(4)26-22(46)14-24-40(8,38(26)52)30-34(50)16(2)32(48)28(20(6)44)36(30)54-24/h13-14,41-42,47-50H,9-12H2,1-8H3/b25-17+,26-18+/t39-,40-/m0/s1. The minimum absolute atomic E-state index is 0.0110. The Balaban J connectivity index is 1.07. The second-order valence-electron chi connectivity index (χ2n) is 14.3. The van der Waals surface area contributed by atoms with Gasteiger partial charge in [-0.2, -0.15) is 0 Å². The largest absolute Gasteiger partial charge is 0.507 e. The number of fused-ring (bicyclic) bond motifs is 6. The highest BCUT2D eigenvalue weighted by atomic mass is 33.1. The molecule has 0 spiro atoms. The zero-order valence-electron chi connectivity index (χ0n) is 31.9. The van der Waals surface area contributed by atoms with Gasteiger partial charge in [-0.1, -0.05) is 21.6 Å². The molecule has 0 fully saturated rings. The number of benzene rings is 2. The maximum Gasteiger partial charge on any atom is 0.194 e. The second kappa shape index (κ2) is 14.2. The van der Waals surface area contributed by atoms with E-state index in [1.807, 2.05) is 0 Å². The summed E-state index contributed by atoms with van der Waals surface area (Å²) >= 11 is 0. The van der Waals surface area contributed by atoms with Crippen molar-refractivity contribution in [2.24, 2.45) is 0 Å². The van der Waals surface area contributed by atoms with Gasteiger partial charge in [0.2, 0.25) is 0 Å². The van der Waals surface area contributed by atoms with Crippen LogP contribution in [0.1, 0.15) is 84.5 Å². The van der Waals surface area contributed by atoms with Gasteiger partial charge >= 0.3 is 0 Å². The highest BCUT2D eigenvalue weighted by molar-refractivity contribution is 8.76. The Morgan fingerprint density at radius 1 is 0.625 bits per heavy atom. The molecule has 0 saturated carbocycles. The number of Topliss-reactive ketones (excluding diaryl/α,β-unsaturated/α-hetero) is 4. The Hall–Kier alpha value is -5.48. The monoisotopic (exact) mass is 804 g/mol. The fourth-order valence-corrected chi connectivity index (χ4v) is 9.39. The number of allylic oxidation sites excluding steroid dienone is 8. The number of phenols is 4. The third kappa shape index (κ3) is 5.79. The molecule has 0 saturated heterocycles. The van der Waals surface area contributed by atoms with Gasteiger partial charge in [-0.15, -0.1) is 0 Å². The quantitative estimate of drug-likeness (QED) is 0.0595. The maximum absolute atomic E-state index is 14.0. The highest BCUT2D eigenvalue weighted by Gasteiger charge is 2.57. The van der Waals surface area contributed by atoms with Crippen LogP contribution in [0.4, 0.5) is 0 Å². The third-order valence-corrected chi connectivity index (χ3v) is 13.2. The summed E-state index contributed by atoms with van der Waals surface area (Å²) in [6.45, 7) is 12.3. The van der Waals surface area contributed by atoms with E-state index in [2.05, 4.69) is 10.6 Å². The molecule has 2 aliphatic carbocycles. The number of aromatic hydroxyl groups is 4. The van der Waals surface area contributed by atoms with Crippen molar-refractivity contribution in [1.29, 1.82) is 0 Å². The summed E-state index contributed by atoms with van der Waals surface area (Å²) in [5, 5.41) is 49.4. The van der Waals surface area contributed by atoms with E-state index >= 15 is 0 Å². The second-order valence-corrected chi connectivity index (χ2v) is 17.0. The van der Waals surface area contributed by atoms with Crippen LogP contribution >= 0.6 is 21.6 Å². The molecule has 0 bridgehead atoms. The first-order chi connectivity index (χ1) is 26.2. The Morgan fingerprint density at radius 3 is 1.29 bits per heavy atom. The van der Waals surface area contributed by atoms with Crippen LogP contribution in [0.5, 0.6) is 34.5 Å². The zero-order chi connectivity index (χ0) is 41.3. The van der Waals surface area contributed by atoms with E-state index in [0.717, 1.165) is 12.2 Å². The lowest BCUT2D eigenvalue weighted by molar-refractivity contribution is -0.125. The van der Waals surface area contributed by atoms with Crippen molar-refractivity contribution < 1.29 is 58.7 Å². The molecular formula is C40H40N2O12S2. The molecule has 6 rings (SSSR count). The molecule has 294 valence electrons. The molecule has 2 heterocycles. The van der Waals surface area contributed by atoms with Crippen LogP contribution in [0.25, 0.3) is 0 Å². The van der Waals surface area contributed by atoms with Gasteiger partial charge in [-0.25, -0.2) is 0 Å². The number of rotatable bonds is 11. The van der Waals surface area contributed by atoms with Gasteiger partial charge < -0.3 is 40.5 Å². The first-order valence-corrected chi connectivity index (χ1v) is 20.0. The van der Waals surface area contributed by atoms with Crippen molar-refractivity contribution in [2.75, 3.05) is 24.6 Å². The smallest absolute Gasteiger partial charge is 0.194 e. The fourth-order valence-electron chi connectivity index (χ4n) is 7.58. The zero-order valence-corrected chi connectivity index (χ0v) is 33.5. The molecule has 0 radical (unpaired) electrons. The average Bonchev–Trinajstić information content (AvgIpc) is 3.58. The summed E-state index contributed by atoms with van der Waals surface area (Å²) < 4.78 is 11.6. The fraction of sp³-hybridized carbons (Fsp3) is 0.350. The van der Waals surface area contributed by atoms with Gasteiger partial charge in [0.05, 0.1) is 22.3 Å². The lowest BCUT2D eigenvalue weighted by atomic mass is 9.70. The normalized spacial score (nSPS) is 22.6. The number of phenolic OH excluding ortho intramolecular Hbond substituents is 4. The van der Waals surface area contributed by atoms with Crippen LogP contribution < -0.4 is 20.1 Å². The molecule has 0 amide bonds. The number of carbonyl (C=O) groups is 6. The van der Waals surface area contributed by atoms with Crippen molar-refractivity contribution >= 4 is 56.3 Å². The lowest BCUT2D eigenvalue weighted by Gasteiger charge is -2.29. The molecule has 6 N–H and O–H groups in total. The first kappa shape index (κ1) is 40.2. The molecule has 4 aliphatic rings. The Morgan fingerprint density at radius 2 is 0.964 bits per heavy atom. The SMILES string of the molecule is CC(=O)c1c(O)c(C)c(O)c2c1OC1=CC(=O)/C(=C(/C)NCCSSCCN/C(C)=C3\C(=O)C=C4Oc5c(C(C)=O)c(O)c(C)c(O)c5[C@@]4(C)C3=O)C(=O)[C@@]12C. The third-order valence-electron chi connectivity index (χ3n) is 10.8. The van der Waals surface area contributed by atoms with Crippen LogP contribution in [0.2, 0.25) is 0 Å². The summed E-state index contributed by atoms with van der Waals surface area (Å²) in [5.41, 5.74) is -3.12. The van der Waals surface area contributed by atoms with E-state index in [1.54, 1.807) is 13.8 Å². The van der Waals surface area contributed by atoms with Gasteiger partial charge in [-0.05, 0) is 55.4 Å². The van der Waals surface area contributed by atoms with Gasteiger partial charge in [0.15, 0.2) is 34.7 Å². The molecule has 2 aliphatic heterocycles. The first-order valence-electron chi connectivity index (χ1n) is 17.5. The van der Waals surface area contributed by atoms with Crippen molar-refractivity contribution in [2.45, 2.75) is 66.2 Å². The Kier molecular flexibility index (Phi) is 10.2. The van der Waals surface area contributed by atoms with E-state index in [4.69, 9.17) is 9.47 Å². The minimum atomic E-state index is -1.61. The molecule has 0 unspecified atom stereocenters. The number of hydrogen-bond acceptors (Lipinski definition) is 16. The highest BCUT2D eigenvalue weighted by Crippen LogP contribution is 2.59. The van der Waals surface area contributed by atoms with Crippen LogP contribution in [0, 0.1) is 13.8 Å². The van der Waals surface area contributed by atoms with Crippen molar-refractivity contribution in [3.8, 4) is 34.5 Å². The van der Waals surface area contributed by atoms with E-state index in [-0.39, 0.29) is 67.5 Å². The average molecular weight is 805 g/mol. The number of ether oxygens (including phenoxy) is 2. The molecule has 2 aromatic rings. The summed E-state index contributed by atoms with van der Waals surface area (Å²) in [6, 6.07) is 0. The number of ketones is 6. The molecule has 2 atom stereocenters. The summed E-state index contributed by atoms with van der Waals surface area (Å²) in [5.74, 6) is -4.50. The van der Waals surface area contributed by atoms with Gasteiger partial charge in [0.25, 0.3) is 0 Å². The summed E-state index contributed by atoms with van der Waals surface area (Å²) in [7, 11) is 3.02. The van der Waals surface area contributed by atoms with Crippen LogP contribution in [-0.4, -0.2) is 79.7 Å². The summed E-state index contributed by atoms with van der Waals surface area (Å²) in [6.07, 6.45) is 2.33. The number of hydrogen-bond donors (Lipinski definition) is 6. The summed E-state index contributed by atoms with van der Waals surface area (Å²) in [4.78, 5) is 79.2. The van der Waals surface area contributed by atoms with Gasteiger partial charge in [0.1, 0.15) is 68.0 Å². The molecule has 0 aromatic heterocycles. The van der Waals surface area contributed by atoms with Crippen LogP contribution in [-0.2, 0) is 30.0 Å². The maximum atomic E-state index is 14.0. The van der Waals surface area contributed by atoms with Crippen molar-refractivity contribution in [3.63, 3.8) is 0 Å². The Labute approximate surface area is 329 Å².